The van der Waals surface area contributed by atoms with Crippen LogP contribution in [0.4, 0.5) is 4.79 Å². The molecule has 2 aliphatic rings. The van der Waals surface area contributed by atoms with E-state index in [0.717, 1.165) is 30.6 Å². The molecule has 0 bridgehead atoms. The van der Waals surface area contributed by atoms with Gasteiger partial charge in [-0.3, -0.25) is 24.0 Å². The van der Waals surface area contributed by atoms with E-state index in [1.807, 2.05) is 0 Å². The summed E-state index contributed by atoms with van der Waals surface area (Å²) in [5, 5.41) is 14.2. The summed E-state index contributed by atoms with van der Waals surface area (Å²) >= 11 is 0. The van der Waals surface area contributed by atoms with Gasteiger partial charge >= 0.3 is 6.09 Å². The Morgan fingerprint density at radius 2 is 1.22 bits per heavy atom. The van der Waals surface area contributed by atoms with Crippen molar-refractivity contribution >= 4 is 35.6 Å². The van der Waals surface area contributed by atoms with E-state index in [0.29, 0.717) is 50.7 Å². The normalized spacial score (nSPS) is 15.7. The van der Waals surface area contributed by atoms with E-state index >= 15 is 0 Å². The minimum Gasteiger partial charge on any atom is -0.453 e. The quantitative estimate of drug-likeness (QED) is 0.0696. The minimum absolute atomic E-state index is 0.0241. The highest BCUT2D eigenvalue weighted by Gasteiger charge is 2.28. The summed E-state index contributed by atoms with van der Waals surface area (Å²) < 4.78 is 4.48. The number of hydrogen-bond acceptors (Lipinski definition) is 9. The Balaban J connectivity index is 1.75. The predicted molar refractivity (Wildman–Crippen MR) is 149 cm³/mol. The number of nitrogens with one attached hydrogen (secondary N) is 5. The number of unbranched alkanes of at least 4 members (excludes halogenated alkanes) is 1. The molecule has 2 rings (SSSR count). The second kappa shape index (κ2) is 18.1. The van der Waals surface area contributed by atoms with Crippen molar-refractivity contribution in [2.45, 2.75) is 88.4 Å². The maximum atomic E-state index is 12.8. The number of nitrogens with two attached hydrogens (primary N) is 2. The Hall–Kier alpha value is -3.46. The molecule has 0 saturated heterocycles. The zero-order valence-electron chi connectivity index (χ0n) is 23.9. The first-order chi connectivity index (χ1) is 19.6. The van der Waals surface area contributed by atoms with E-state index in [9.17, 15) is 28.8 Å². The number of methoxy groups -OCH3 is 1. The molecule has 0 aromatic rings. The summed E-state index contributed by atoms with van der Waals surface area (Å²) in [6.45, 7) is -0.107. The Morgan fingerprint density at radius 3 is 1.68 bits per heavy atom. The SMILES string of the molecule is COC(=O)NCCC(=O)N(CC(=O)NCCCCC(NC1CC1)C(N)=O)CC(=O)NCCCC(NC1CC1)C(N)=O. The first kappa shape index (κ1) is 33.7. The fourth-order valence-electron chi connectivity index (χ4n) is 4.11. The van der Waals surface area contributed by atoms with Crippen LogP contribution in [0.5, 0.6) is 0 Å². The van der Waals surface area contributed by atoms with Crippen LogP contribution in [0.25, 0.3) is 0 Å². The van der Waals surface area contributed by atoms with Crippen LogP contribution in [-0.2, 0) is 28.7 Å². The van der Waals surface area contributed by atoms with Crippen LogP contribution in [0.2, 0.25) is 0 Å². The van der Waals surface area contributed by atoms with Gasteiger partial charge in [0.1, 0.15) is 13.1 Å². The summed E-state index contributed by atoms with van der Waals surface area (Å²) in [5.41, 5.74) is 10.9. The Labute approximate surface area is 240 Å². The first-order valence-corrected chi connectivity index (χ1v) is 14.3. The van der Waals surface area contributed by atoms with Gasteiger partial charge in [0.2, 0.25) is 29.5 Å². The topological polar surface area (TPSA) is 227 Å². The maximum Gasteiger partial charge on any atom is 0.406 e. The fraction of sp³-hybridized carbons (Fsp3) is 0.769. The monoisotopic (exact) mass is 582 g/mol. The standard InChI is InChI=1S/C26H46N8O7/c1-41-26(40)31-14-11-23(37)34(16-22(36)30-13-4-6-20(25(28)39)33-18-9-10-18)15-21(35)29-12-3-2-5-19(24(27)38)32-17-7-8-17/h17-20,32-33H,2-16H2,1H3,(H2,27,38)(H2,28,39)(H,29,35)(H,30,36)(H,31,40). The van der Waals surface area contributed by atoms with Gasteiger partial charge < -0.3 is 47.7 Å². The summed E-state index contributed by atoms with van der Waals surface area (Å²) in [4.78, 5) is 73.5. The molecule has 232 valence electrons. The lowest BCUT2D eigenvalue weighted by atomic mass is 10.1. The number of nitrogens with zero attached hydrogens (tertiary/aromatic N) is 1. The number of rotatable bonds is 22. The van der Waals surface area contributed by atoms with Crippen molar-refractivity contribution in [1.29, 1.82) is 0 Å². The van der Waals surface area contributed by atoms with E-state index in [1.54, 1.807) is 0 Å². The van der Waals surface area contributed by atoms with E-state index in [1.165, 1.54) is 7.11 Å². The molecule has 0 aliphatic heterocycles. The van der Waals surface area contributed by atoms with Crippen LogP contribution in [0, 0.1) is 0 Å². The molecule has 2 aliphatic carbocycles. The van der Waals surface area contributed by atoms with Gasteiger partial charge in [-0.1, -0.05) is 0 Å². The predicted octanol–water partition coefficient (Wildman–Crippen LogP) is -2.04. The van der Waals surface area contributed by atoms with E-state index in [2.05, 4.69) is 31.3 Å². The molecule has 6 amide bonds. The summed E-state index contributed by atoms with van der Waals surface area (Å²) in [6.07, 6.45) is 6.10. The molecule has 15 nitrogen and oxygen atoms in total. The molecule has 0 radical (unpaired) electrons. The number of carbonyl (C=O) groups excluding carboxylic acids is 6. The molecule has 9 N–H and O–H groups in total. The lowest BCUT2D eigenvalue weighted by Crippen LogP contribution is -2.47. The summed E-state index contributed by atoms with van der Waals surface area (Å²) in [7, 11) is 1.20. The first-order valence-electron chi connectivity index (χ1n) is 14.3. The van der Waals surface area contributed by atoms with Crippen molar-refractivity contribution in [3.05, 3.63) is 0 Å². The molecule has 0 heterocycles. The van der Waals surface area contributed by atoms with Crippen LogP contribution in [-0.4, -0.2) is 105 Å². The Bertz CT molecular complexity index is 910. The van der Waals surface area contributed by atoms with Crippen LogP contribution < -0.4 is 38.1 Å². The van der Waals surface area contributed by atoms with E-state index in [4.69, 9.17) is 11.5 Å². The molecular formula is C26H46N8O7. The average molecular weight is 583 g/mol. The highest BCUT2D eigenvalue weighted by Crippen LogP contribution is 2.21. The van der Waals surface area contributed by atoms with Gasteiger partial charge in [-0.15, -0.1) is 0 Å². The van der Waals surface area contributed by atoms with Crippen LogP contribution >= 0.6 is 0 Å². The zero-order valence-corrected chi connectivity index (χ0v) is 23.9. The number of amides is 6. The minimum atomic E-state index is -0.698. The van der Waals surface area contributed by atoms with Crippen LogP contribution in [0.1, 0.15) is 64.2 Å². The van der Waals surface area contributed by atoms with Gasteiger partial charge in [-0.2, -0.15) is 0 Å². The lowest BCUT2D eigenvalue weighted by molar-refractivity contribution is -0.139. The van der Waals surface area contributed by atoms with Crippen molar-refractivity contribution in [3.63, 3.8) is 0 Å². The summed E-state index contributed by atoms with van der Waals surface area (Å²) in [6, 6.07) is -0.177. The number of ether oxygens (including phenoxy) is 1. The van der Waals surface area contributed by atoms with Gasteiger partial charge in [0, 0.05) is 38.1 Å². The largest absolute Gasteiger partial charge is 0.453 e. The second-order valence-corrected chi connectivity index (χ2v) is 10.5. The molecule has 2 fully saturated rings. The van der Waals surface area contributed by atoms with Crippen LogP contribution in [0.3, 0.4) is 0 Å². The van der Waals surface area contributed by atoms with Crippen molar-refractivity contribution in [2.24, 2.45) is 11.5 Å². The number of hydrogen-bond donors (Lipinski definition) is 7. The molecular weight excluding hydrogens is 536 g/mol. The third-order valence-corrected chi connectivity index (χ3v) is 6.76. The molecule has 0 aromatic heterocycles. The molecule has 0 spiro atoms. The highest BCUT2D eigenvalue weighted by molar-refractivity contribution is 5.89. The fourth-order valence-corrected chi connectivity index (χ4v) is 4.11. The lowest BCUT2D eigenvalue weighted by Gasteiger charge is -2.22. The second-order valence-electron chi connectivity index (χ2n) is 10.5. The third kappa shape index (κ3) is 15.2. The van der Waals surface area contributed by atoms with Crippen molar-refractivity contribution in [2.75, 3.05) is 39.8 Å². The van der Waals surface area contributed by atoms with Gasteiger partial charge in [-0.05, 0) is 57.8 Å². The summed E-state index contributed by atoms with van der Waals surface area (Å²) in [5.74, 6) is -2.22. The van der Waals surface area contributed by atoms with Gasteiger partial charge in [-0.25, -0.2) is 4.79 Å². The molecule has 0 aromatic carbocycles. The van der Waals surface area contributed by atoms with Gasteiger partial charge in [0.05, 0.1) is 19.2 Å². The van der Waals surface area contributed by atoms with E-state index < -0.39 is 41.7 Å². The van der Waals surface area contributed by atoms with E-state index in [-0.39, 0.29) is 38.6 Å². The Morgan fingerprint density at radius 1 is 0.732 bits per heavy atom. The number of carbonyl (C=O) groups is 6. The molecule has 15 heteroatoms. The van der Waals surface area contributed by atoms with Crippen LogP contribution in [0.15, 0.2) is 0 Å². The van der Waals surface area contributed by atoms with Gasteiger partial charge in [0.15, 0.2) is 0 Å². The Kier molecular flexibility index (Phi) is 14.9. The van der Waals surface area contributed by atoms with Crippen molar-refractivity contribution in [3.8, 4) is 0 Å². The van der Waals surface area contributed by atoms with Crippen molar-refractivity contribution < 1.29 is 33.5 Å². The molecule has 2 saturated carbocycles. The van der Waals surface area contributed by atoms with Gasteiger partial charge in [0.25, 0.3) is 0 Å². The van der Waals surface area contributed by atoms with Crippen molar-refractivity contribution in [1.82, 2.24) is 31.5 Å². The zero-order chi connectivity index (χ0) is 30.2. The average Bonchev–Trinajstić information content (AvgIpc) is 3.85. The third-order valence-electron chi connectivity index (χ3n) is 6.76. The number of primary amides is 2. The smallest absolute Gasteiger partial charge is 0.406 e. The molecule has 2 unspecified atom stereocenters. The highest BCUT2D eigenvalue weighted by atomic mass is 16.5. The number of alkyl carbamates (subject to hydrolysis) is 1. The molecule has 2 atom stereocenters. The maximum absolute atomic E-state index is 12.8. The molecule has 41 heavy (non-hydrogen) atoms.